The fourth-order valence-corrected chi connectivity index (χ4v) is 2.54. The Hall–Kier alpha value is -1.98. The Morgan fingerprint density at radius 3 is 3.00 bits per heavy atom. The van der Waals surface area contributed by atoms with E-state index in [1.807, 2.05) is 6.07 Å². The molecule has 6 heteroatoms. The number of rotatable bonds is 5. The highest BCUT2D eigenvalue weighted by molar-refractivity contribution is 5.74. The number of urea groups is 1. The molecule has 110 valence electrons. The summed E-state index contributed by atoms with van der Waals surface area (Å²) in [5, 5.41) is 8.68. The van der Waals surface area contributed by atoms with Gasteiger partial charge in [-0.3, -0.25) is 4.79 Å². The Labute approximate surface area is 118 Å². The second kappa shape index (κ2) is 6.45. The molecule has 0 bridgehead atoms. The third-order valence-electron chi connectivity index (χ3n) is 3.65. The predicted octanol–water partition coefficient (Wildman–Crippen LogP) is 2.02. The fourth-order valence-electron chi connectivity index (χ4n) is 2.54. The largest absolute Gasteiger partial charge is 0.481 e. The minimum atomic E-state index is -0.771. The zero-order valence-electron chi connectivity index (χ0n) is 11.6. The molecule has 0 spiro atoms. The second-order valence-electron chi connectivity index (χ2n) is 5.30. The summed E-state index contributed by atoms with van der Waals surface area (Å²) >= 11 is 0. The molecule has 0 radical (unpaired) electrons. The van der Waals surface area contributed by atoms with E-state index in [2.05, 4.69) is 0 Å². The molecular formula is C14H20N2O4. The first-order valence-electron chi connectivity index (χ1n) is 6.79. The van der Waals surface area contributed by atoms with Crippen molar-refractivity contribution in [3.8, 4) is 0 Å². The molecule has 2 heterocycles. The van der Waals surface area contributed by atoms with Crippen LogP contribution < -0.4 is 0 Å². The molecule has 1 aliphatic heterocycles. The molecule has 1 N–H and O–H groups in total. The molecule has 1 fully saturated rings. The number of carboxylic acid groups (broad SMARTS) is 1. The van der Waals surface area contributed by atoms with E-state index in [0.29, 0.717) is 32.0 Å². The van der Waals surface area contributed by atoms with E-state index in [-0.39, 0.29) is 12.5 Å². The standard InChI is InChI=1S/C14H20N2O4/c1-15(8-12-5-7-20-10-12)14(19)16-6-4-11(9-16)2-3-13(17)18/h5,7,10-11H,2-4,6,8-9H2,1H3,(H,17,18). The van der Waals surface area contributed by atoms with E-state index in [0.717, 1.165) is 12.0 Å². The molecule has 6 nitrogen and oxygen atoms in total. The van der Waals surface area contributed by atoms with Crippen molar-refractivity contribution in [3.05, 3.63) is 24.2 Å². The van der Waals surface area contributed by atoms with Crippen LogP contribution in [0.4, 0.5) is 4.79 Å². The van der Waals surface area contributed by atoms with E-state index in [4.69, 9.17) is 9.52 Å². The molecule has 1 aliphatic rings. The predicted molar refractivity (Wildman–Crippen MR) is 72.1 cm³/mol. The van der Waals surface area contributed by atoms with E-state index in [9.17, 15) is 9.59 Å². The molecule has 0 aliphatic carbocycles. The van der Waals surface area contributed by atoms with E-state index in [1.165, 1.54) is 0 Å². The lowest BCUT2D eigenvalue weighted by Gasteiger charge is -2.24. The van der Waals surface area contributed by atoms with Crippen LogP contribution >= 0.6 is 0 Å². The van der Waals surface area contributed by atoms with Gasteiger partial charge in [0.25, 0.3) is 0 Å². The first-order valence-corrected chi connectivity index (χ1v) is 6.79. The van der Waals surface area contributed by atoms with Crippen LogP contribution in [0, 0.1) is 5.92 Å². The van der Waals surface area contributed by atoms with Crippen LogP contribution in [0.3, 0.4) is 0 Å². The van der Waals surface area contributed by atoms with E-state index < -0.39 is 5.97 Å². The SMILES string of the molecule is CN(Cc1ccoc1)C(=O)N1CCC(CCC(=O)O)C1. The van der Waals surface area contributed by atoms with Crippen LogP contribution in [-0.4, -0.2) is 47.0 Å². The maximum atomic E-state index is 12.3. The molecule has 0 saturated carbocycles. The van der Waals surface area contributed by atoms with Crippen molar-refractivity contribution in [3.63, 3.8) is 0 Å². The average Bonchev–Trinajstić information content (AvgIpc) is 3.06. The topological polar surface area (TPSA) is 74.0 Å². The van der Waals surface area contributed by atoms with E-state index >= 15 is 0 Å². The lowest BCUT2D eigenvalue weighted by Crippen LogP contribution is -2.39. The highest BCUT2D eigenvalue weighted by atomic mass is 16.4. The number of amides is 2. The number of carbonyl (C=O) groups is 2. The molecule has 1 aromatic heterocycles. The van der Waals surface area contributed by atoms with Gasteiger partial charge in [0.2, 0.25) is 0 Å². The van der Waals surface area contributed by atoms with Gasteiger partial charge >= 0.3 is 12.0 Å². The van der Waals surface area contributed by atoms with Crippen LogP contribution in [0.2, 0.25) is 0 Å². The Morgan fingerprint density at radius 1 is 1.55 bits per heavy atom. The molecule has 1 saturated heterocycles. The molecule has 1 atom stereocenters. The van der Waals surface area contributed by atoms with Gasteiger partial charge in [0, 0.05) is 32.1 Å². The van der Waals surface area contributed by atoms with E-state index in [1.54, 1.807) is 29.4 Å². The van der Waals surface area contributed by atoms with Gasteiger partial charge in [0.1, 0.15) is 0 Å². The number of hydrogen-bond acceptors (Lipinski definition) is 3. The molecule has 20 heavy (non-hydrogen) atoms. The first kappa shape index (κ1) is 14.4. The maximum Gasteiger partial charge on any atom is 0.320 e. The van der Waals surface area contributed by atoms with Gasteiger partial charge in [-0.15, -0.1) is 0 Å². The number of nitrogens with zero attached hydrogens (tertiary/aromatic N) is 2. The minimum absolute atomic E-state index is 0.0102. The Balaban J connectivity index is 1.80. The van der Waals surface area contributed by atoms with Gasteiger partial charge in [-0.25, -0.2) is 4.79 Å². The van der Waals surface area contributed by atoms with Gasteiger partial charge in [-0.05, 0) is 24.8 Å². The van der Waals surface area contributed by atoms with Crippen molar-refractivity contribution in [2.45, 2.75) is 25.8 Å². The summed E-state index contributed by atoms with van der Waals surface area (Å²) in [5.74, 6) is -0.468. The highest BCUT2D eigenvalue weighted by Crippen LogP contribution is 2.22. The molecular weight excluding hydrogens is 260 g/mol. The van der Waals surface area contributed by atoms with Crippen LogP contribution in [-0.2, 0) is 11.3 Å². The third kappa shape index (κ3) is 3.76. The average molecular weight is 280 g/mol. The van der Waals surface area contributed by atoms with Gasteiger partial charge in [-0.1, -0.05) is 0 Å². The number of aliphatic carboxylic acids is 1. The van der Waals surface area contributed by atoms with Gasteiger partial charge in [0.05, 0.1) is 19.1 Å². The number of hydrogen-bond donors (Lipinski definition) is 1. The van der Waals surface area contributed by atoms with Gasteiger partial charge in [0.15, 0.2) is 0 Å². The summed E-state index contributed by atoms with van der Waals surface area (Å²) in [6.07, 6.45) is 4.93. The van der Waals surface area contributed by atoms with Crippen molar-refractivity contribution in [1.29, 1.82) is 0 Å². The quantitative estimate of drug-likeness (QED) is 0.895. The summed E-state index contributed by atoms with van der Waals surface area (Å²) in [6.45, 7) is 1.88. The van der Waals surface area contributed by atoms with Gasteiger partial charge < -0.3 is 19.3 Å². The van der Waals surface area contributed by atoms with Crippen LogP contribution in [0.1, 0.15) is 24.8 Å². The smallest absolute Gasteiger partial charge is 0.320 e. The first-order chi connectivity index (χ1) is 9.56. The molecule has 1 unspecified atom stereocenters. The lowest BCUT2D eigenvalue weighted by molar-refractivity contribution is -0.137. The molecule has 2 amide bonds. The maximum absolute atomic E-state index is 12.3. The number of carbonyl (C=O) groups excluding carboxylic acids is 1. The normalized spacial score (nSPS) is 18.2. The van der Waals surface area contributed by atoms with Crippen molar-refractivity contribution < 1.29 is 19.1 Å². The summed E-state index contributed by atoms with van der Waals surface area (Å²) in [4.78, 5) is 26.3. The van der Waals surface area contributed by atoms with Crippen molar-refractivity contribution in [2.75, 3.05) is 20.1 Å². The summed E-state index contributed by atoms with van der Waals surface area (Å²) in [7, 11) is 1.76. The van der Waals surface area contributed by atoms with Crippen LogP contribution in [0.5, 0.6) is 0 Å². The summed E-state index contributed by atoms with van der Waals surface area (Å²) in [6, 6.07) is 1.83. The Kier molecular flexibility index (Phi) is 4.65. The number of carboxylic acids is 1. The summed E-state index contributed by atoms with van der Waals surface area (Å²) in [5.41, 5.74) is 0.961. The van der Waals surface area contributed by atoms with Gasteiger partial charge in [-0.2, -0.15) is 0 Å². The lowest BCUT2D eigenvalue weighted by atomic mass is 10.0. The van der Waals surface area contributed by atoms with Crippen molar-refractivity contribution in [2.24, 2.45) is 5.92 Å². The molecule has 2 rings (SSSR count). The zero-order valence-corrected chi connectivity index (χ0v) is 11.6. The molecule has 1 aromatic rings. The number of likely N-dealkylation sites (tertiary alicyclic amines) is 1. The number of furan rings is 1. The second-order valence-corrected chi connectivity index (χ2v) is 5.30. The fraction of sp³-hybridized carbons (Fsp3) is 0.571. The van der Waals surface area contributed by atoms with Crippen molar-refractivity contribution >= 4 is 12.0 Å². The van der Waals surface area contributed by atoms with Crippen LogP contribution in [0.15, 0.2) is 23.0 Å². The zero-order chi connectivity index (χ0) is 14.5. The van der Waals surface area contributed by atoms with Crippen LogP contribution in [0.25, 0.3) is 0 Å². The Bertz CT molecular complexity index is 458. The monoisotopic (exact) mass is 280 g/mol. The minimum Gasteiger partial charge on any atom is -0.481 e. The summed E-state index contributed by atoms with van der Waals surface area (Å²) < 4.78 is 4.98. The third-order valence-corrected chi connectivity index (χ3v) is 3.65. The molecule has 0 aromatic carbocycles. The van der Waals surface area contributed by atoms with Crippen molar-refractivity contribution in [1.82, 2.24) is 9.80 Å². The Morgan fingerprint density at radius 2 is 2.35 bits per heavy atom. The highest BCUT2D eigenvalue weighted by Gasteiger charge is 2.28.